The van der Waals surface area contributed by atoms with Gasteiger partial charge in [-0.3, -0.25) is 4.79 Å². The van der Waals surface area contributed by atoms with Crippen LogP contribution in [0.15, 0.2) is 48.5 Å². The summed E-state index contributed by atoms with van der Waals surface area (Å²) in [5.41, 5.74) is 2.29. The summed E-state index contributed by atoms with van der Waals surface area (Å²) < 4.78 is 0. The van der Waals surface area contributed by atoms with Gasteiger partial charge in [-0.05, 0) is 72.0 Å². The first-order valence-corrected chi connectivity index (χ1v) is 11.8. The Kier molecular flexibility index (Phi) is 7.83. The first-order chi connectivity index (χ1) is 15.2. The lowest BCUT2D eigenvalue weighted by molar-refractivity contribution is -0.122. The third kappa shape index (κ3) is 6.04. The third-order valence-electron chi connectivity index (χ3n) is 7.26. The number of benzene rings is 2. The molecule has 32 heavy (non-hydrogen) atoms. The molecule has 2 aromatic carbocycles. The molecule has 1 aliphatic heterocycles. The van der Waals surface area contributed by atoms with Crippen molar-refractivity contribution >= 4 is 5.91 Å². The molecule has 0 saturated carbocycles. The van der Waals surface area contributed by atoms with Gasteiger partial charge < -0.3 is 20.4 Å². The topological polar surface area (TPSA) is 72.8 Å². The van der Waals surface area contributed by atoms with Gasteiger partial charge in [-0.25, -0.2) is 0 Å². The summed E-state index contributed by atoms with van der Waals surface area (Å²) in [7, 11) is 0. The number of likely N-dealkylation sites (tertiary alicyclic amines) is 1. The predicted molar refractivity (Wildman–Crippen MR) is 129 cm³/mol. The van der Waals surface area contributed by atoms with Crippen LogP contribution >= 0.6 is 0 Å². The van der Waals surface area contributed by atoms with Crippen LogP contribution in [-0.2, 0) is 16.6 Å². The van der Waals surface area contributed by atoms with Gasteiger partial charge >= 0.3 is 0 Å². The highest BCUT2D eigenvalue weighted by molar-refractivity contribution is 5.76. The van der Waals surface area contributed by atoms with E-state index in [0.717, 1.165) is 31.6 Å². The molecule has 0 spiro atoms. The fourth-order valence-electron chi connectivity index (χ4n) is 4.67. The number of nitrogens with zero attached hydrogens (tertiary/aromatic N) is 1. The Morgan fingerprint density at radius 3 is 2.50 bits per heavy atom. The maximum atomic E-state index is 12.6. The van der Waals surface area contributed by atoms with Gasteiger partial charge in [0.1, 0.15) is 11.5 Å². The van der Waals surface area contributed by atoms with Gasteiger partial charge in [0.05, 0.1) is 0 Å². The number of phenols is 2. The van der Waals surface area contributed by atoms with Crippen molar-refractivity contribution in [2.24, 2.45) is 11.8 Å². The molecule has 0 unspecified atom stereocenters. The largest absolute Gasteiger partial charge is 0.508 e. The molecule has 1 saturated heterocycles. The number of amides is 1. The molecule has 0 aromatic heterocycles. The van der Waals surface area contributed by atoms with E-state index >= 15 is 0 Å². The van der Waals surface area contributed by atoms with Gasteiger partial charge in [-0.1, -0.05) is 52.0 Å². The average Bonchev–Trinajstić information content (AvgIpc) is 2.75. The second-order valence-corrected chi connectivity index (χ2v) is 9.96. The molecule has 1 amide bonds. The Bertz CT molecular complexity index is 896. The van der Waals surface area contributed by atoms with E-state index in [0.29, 0.717) is 30.4 Å². The zero-order chi connectivity index (χ0) is 23.3. The number of carbonyl (C=O) groups is 1. The minimum atomic E-state index is 0.0376. The van der Waals surface area contributed by atoms with Crippen molar-refractivity contribution in [1.82, 2.24) is 10.2 Å². The molecule has 1 heterocycles. The molecule has 1 aliphatic rings. The molecule has 3 N–H and O–H groups in total. The van der Waals surface area contributed by atoms with Crippen LogP contribution in [0.5, 0.6) is 11.5 Å². The lowest BCUT2D eigenvalue weighted by Gasteiger charge is -2.46. The predicted octanol–water partition coefficient (Wildman–Crippen LogP) is 4.47. The van der Waals surface area contributed by atoms with E-state index in [9.17, 15) is 15.0 Å². The van der Waals surface area contributed by atoms with Gasteiger partial charge in [0.25, 0.3) is 0 Å². The number of piperidine rings is 1. The maximum absolute atomic E-state index is 12.6. The van der Waals surface area contributed by atoms with Crippen molar-refractivity contribution in [3.63, 3.8) is 0 Å². The van der Waals surface area contributed by atoms with Gasteiger partial charge in [-0.15, -0.1) is 0 Å². The van der Waals surface area contributed by atoms with Crippen molar-refractivity contribution < 1.29 is 15.0 Å². The van der Waals surface area contributed by atoms with E-state index in [-0.39, 0.29) is 23.1 Å². The molecule has 174 valence electrons. The van der Waals surface area contributed by atoms with Crippen LogP contribution in [0.2, 0.25) is 0 Å². The average molecular weight is 439 g/mol. The molecule has 5 heteroatoms. The van der Waals surface area contributed by atoms with Crippen molar-refractivity contribution in [1.29, 1.82) is 0 Å². The van der Waals surface area contributed by atoms with Crippen LogP contribution in [0.25, 0.3) is 0 Å². The number of nitrogens with one attached hydrogen (secondary N) is 1. The highest BCUT2D eigenvalue weighted by Crippen LogP contribution is 2.40. The van der Waals surface area contributed by atoms with Crippen molar-refractivity contribution in [3.8, 4) is 11.5 Å². The van der Waals surface area contributed by atoms with Crippen molar-refractivity contribution in [2.45, 2.75) is 58.4 Å². The minimum absolute atomic E-state index is 0.0376. The number of hydrogen-bond acceptors (Lipinski definition) is 4. The van der Waals surface area contributed by atoms with E-state index in [1.165, 1.54) is 5.56 Å². The number of aromatic hydroxyl groups is 2. The quantitative estimate of drug-likeness (QED) is 0.569. The summed E-state index contributed by atoms with van der Waals surface area (Å²) in [6.07, 6.45) is 2.14. The van der Waals surface area contributed by atoms with E-state index in [1.807, 2.05) is 24.3 Å². The Balaban J connectivity index is 1.54. The molecular formula is C27H38N2O3. The maximum Gasteiger partial charge on any atom is 0.220 e. The lowest BCUT2D eigenvalue weighted by atomic mass is 9.68. The number of rotatable bonds is 8. The third-order valence-corrected chi connectivity index (χ3v) is 7.26. The number of hydrogen-bond donors (Lipinski definition) is 3. The molecule has 3 atom stereocenters. The summed E-state index contributed by atoms with van der Waals surface area (Å²) >= 11 is 0. The second kappa shape index (κ2) is 10.4. The van der Waals surface area contributed by atoms with E-state index in [1.54, 1.807) is 18.2 Å². The molecule has 2 aromatic rings. The summed E-state index contributed by atoms with van der Waals surface area (Å²) in [5, 5.41) is 22.6. The highest BCUT2D eigenvalue weighted by atomic mass is 16.3. The lowest BCUT2D eigenvalue weighted by Crippen LogP contribution is -2.53. The van der Waals surface area contributed by atoms with Crippen LogP contribution in [0.4, 0.5) is 0 Å². The molecule has 1 fully saturated rings. The zero-order valence-corrected chi connectivity index (χ0v) is 19.8. The smallest absolute Gasteiger partial charge is 0.220 e. The number of aryl methyl sites for hydroxylation is 1. The normalized spacial score (nSPS) is 22.6. The standard InChI is InChI=1S/C27H38N2O3/c1-19(2)25(28-26(32)13-10-21-8-11-23(30)12-9-21)18-29-15-14-27(4,20(3)17-29)22-6-5-7-24(31)16-22/h5-9,11-12,16,19-20,25,30-31H,10,13-15,17-18H2,1-4H3,(H,28,32)/t20-,25-,27+/m1/s1. The van der Waals surface area contributed by atoms with Crippen LogP contribution in [0, 0.1) is 11.8 Å². The Morgan fingerprint density at radius 1 is 1.16 bits per heavy atom. The SMILES string of the molecule is CC(C)[C@@H](CN1CC[C@](C)(c2cccc(O)c2)[C@H](C)C1)NC(=O)CCc1ccc(O)cc1. The first-order valence-electron chi connectivity index (χ1n) is 11.8. The van der Waals surface area contributed by atoms with Crippen LogP contribution in [0.1, 0.15) is 51.7 Å². The van der Waals surface area contributed by atoms with E-state index in [4.69, 9.17) is 0 Å². The summed E-state index contributed by atoms with van der Waals surface area (Å²) in [6.45, 7) is 11.7. The fraction of sp³-hybridized carbons (Fsp3) is 0.519. The van der Waals surface area contributed by atoms with Gasteiger partial charge in [0.15, 0.2) is 0 Å². The summed E-state index contributed by atoms with van der Waals surface area (Å²) in [4.78, 5) is 15.1. The number of phenolic OH excluding ortho intramolecular Hbond substituents is 2. The highest BCUT2D eigenvalue weighted by Gasteiger charge is 2.38. The summed E-state index contributed by atoms with van der Waals surface area (Å²) in [6, 6.07) is 14.8. The minimum Gasteiger partial charge on any atom is -0.508 e. The molecule has 3 rings (SSSR count). The Labute approximate surface area is 192 Å². The van der Waals surface area contributed by atoms with Gasteiger partial charge in [-0.2, -0.15) is 0 Å². The van der Waals surface area contributed by atoms with Crippen LogP contribution < -0.4 is 5.32 Å². The Morgan fingerprint density at radius 2 is 1.88 bits per heavy atom. The molecule has 5 nitrogen and oxygen atoms in total. The molecule has 0 bridgehead atoms. The Hall–Kier alpha value is -2.53. The first kappa shape index (κ1) is 24.1. The van der Waals surface area contributed by atoms with Crippen LogP contribution in [0.3, 0.4) is 0 Å². The molecule has 0 aliphatic carbocycles. The van der Waals surface area contributed by atoms with Gasteiger partial charge in [0.2, 0.25) is 5.91 Å². The summed E-state index contributed by atoms with van der Waals surface area (Å²) in [5.74, 6) is 1.44. The van der Waals surface area contributed by atoms with Crippen LogP contribution in [-0.4, -0.2) is 46.7 Å². The van der Waals surface area contributed by atoms with Crippen molar-refractivity contribution in [3.05, 3.63) is 59.7 Å². The zero-order valence-electron chi connectivity index (χ0n) is 19.8. The monoisotopic (exact) mass is 438 g/mol. The van der Waals surface area contributed by atoms with Gasteiger partial charge in [0, 0.05) is 25.6 Å². The number of carbonyl (C=O) groups excluding carboxylic acids is 1. The second-order valence-electron chi connectivity index (χ2n) is 9.96. The fourth-order valence-corrected chi connectivity index (χ4v) is 4.67. The molecule has 0 radical (unpaired) electrons. The van der Waals surface area contributed by atoms with E-state index < -0.39 is 0 Å². The molecular weight excluding hydrogens is 400 g/mol. The van der Waals surface area contributed by atoms with E-state index in [2.05, 4.69) is 44.0 Å². The van der Waals surface area contributed by atoms with Crippen molar-refractivity contribution in [2.75, 3.05) is 19.6 Å².